The molecule has 0 aromatic carbocycles. The first-order valence-corrected chi connectivity index (χ1v) is 4.38. The molecule has 2 rings (SSSR count). The van der Waals surface area contributed by atoms with E-state index in [2.05, 4.69) is 16.4 Å². The maximum absolute atomic E-state index is 5.26. The zero-order valence-electron chi connectivity index (χ0n) is 7.05. The Morgan fingerprint density at radius 3 is 3.33 bits per heavy atom. The highest BCUT2D eigenvalue weighted by molar-refractivity contribution is 5.07. The van der Waals surface area contributed by atoms with E-state index in [0.29, 0.717) is 6.04 Å². The van der Waals surface area contributed by atoms with E-state index in [1.165, 1.54) is 5.56 Å². The molecule has 1 unspecified atom stereocenters. The Labute approximate surface area is 72.1 Å². The van der Waals surface area contributed by atoms with Crippen LogP contribution in [-0.2, 0) is 11.3 Å². The normalized spacial score (nSPS) is 23.2. The van der Waals surface area contributed by atoms with Crippen molar-refractivity contribution in [1.82, 2.24) is 10.3 Å². The van der Waals surface area contributed by atoms with Crippen LogP contribution < -0.4 is 5.32 Å². The predicted molar refractivity (Wildman–Crippen MR) is 46.9 cm³/mol. The van der Waals surface area contributed by atoms with Gasteiger partial charge in [0, 0.05) is 31.6 Å². The Morgan fingerprint density at radius 2 is 2.67 bits per heavy atom. The van der Waals surface area contributed by atoms with Crippen molar-refractivity contribution in [2.45, 2.75) is 19.0 Å². The molecule has 0 spiro atoms. The molecule has 2 N–H and O–H groups in total. The average Bonchev–Trinajstić information content (AvgIpc) is 2.74. The highest BCUT2D eigenvalue weighted by atomic mass is 16.5. The molecule has 0 amide bonds. The van der Waals surface area contributed by atoms with E-state index >= 15 is 0 Å². The van der Waals surface area contributed by atoms with E-state index in [9.17, 15) is 0 Å². The third kappa shape index (κ3) is 1.87. The average molecular weight is 166 g/mol. The fourth-order valence-corrected chi connectivity index (χ4v) is 1.43. The smallest absolute Gasteiger partial charge is 0.0620 e. The van der Waals surface area contributed by atoms with Gasteiger partial charge in [-0.3, -0.25) is 0 Å². The summed E-state index contributed by atoms with van der Waals surface area (Å²) >= 11 is 0. The number of aromatic nitrogens is 1. The molecule has 1 atom stereocenters. The van der Waals surface area contributed by atoms with E-state index in [1.54, 1.807) is 0 Å². The molecule has 1 aliphatic rings. The molecule has 1 aromatic heterocycles. The summed E-state index contributed by atoms with van der Waals surface area (Å²) in [7, 11) is 0. The Bertz CT molecular complexity index is 214. The summed E-state index contributed by atoms with van der Waals surface area (Å²) < 4.78 is 5.26. The van der Waals surface area contributed by atoms with Crippen LogP contribution in [0.3, 0.4) is 0 Å². The first kappa shape index (κ1) is 7.83. The van der Waals surface area contributed by atoms with Gasteiger partial charge >= 0.3 is 0 Å². The van der Waals surface area contributed by atoms with Gasteiger partial charge in [0.15, 0.2) is 0 Å². The van der Waals surface area contributed by atoms with Gasteiger partial charge in [0.25, 0.3) is 0 Å². The van der Waals surface area contributed by atoms with E-state index in [4.69, 9.17) is 4.74 Å². The third-order valence-corrected chi connectivity index (χ3v) is 2.19. The van der Waals surface area contributed by atoms with Gasteiger partial charge in [-0.05, 0) is 18.1 Å². The molecule has 1 aliphatic heterocycles. The summed E-state index contributed by atoms with van der Waals surface area (Å²) in [6.07, 6.45) is 5.11. The zero-order chi connectivity index (χ0) is 8.23. The number of aromatic amines is 1. The molecule has 0 saturated carbocycles. The van der Waals surface area contributed by atoms with Crippen LogP contribution in [-0.4, -0.2) is 24.2 Å². The standard InChI is InChI=1S/C9H14N2O/c1-3-10-5-8(1)6-11-9-2-4-12-7-9/h1,3,5,9-11H,2,4,6-7H2. The minimum absolute atomic E-state index is 0.555. The first-order chi connectivity index (χ1) is 5.95. The lowest BCUT2D eigenvalue weighted by molar-refractivity contribution is 0.190. The topological polar surface area (TPSA) is 37.0 Å². The molecule has 0 bridgehead atoms. The van der Waals surface area contributed by atoms with Crippen molar-refractivity contribution in [1.29, 1.82) is 0 Å². The lowest BCUT2D eigenvalue weighted by atomic mass is 10.2. The summed E-state index contributed by atoms with van der Waals surface area (Å²) in [5.74, 6) is 0. The maximum Gasteiger partial charge on any atom is 0.0620 e. The van der Waals surface area contributed by atoms with Crippen LogP contribution in [0.25, 0.3) is 0 Å². The van der Waals surface area contributed by atoms with Crippen molar-refractivity contribution < 1.29 is 4.74 Å². The van der Waals surface area contributed by atoms with Gasteiger partial charge in [-0.1, -0.05) is 0 Å². The van der Waals surface area contributed by atoms with Crippen molar-refractivity contribution in [2.24, 2.45) is 0 Å². The maximum atomic E-state index is 5.26. The summed E-state index contributed by atoms with van der Waals surface area (Å²) in [6, 6.07) is 2.64. The highest BCUT2D eigenvalue weighted by Gasteiger charge is 2.13. The fourth-order valence-electron chi connectivity index (χ4n) is 1.43. The molecule has 2 heterocycles. The summed E-state index contributed by atoms with van der Waals surface area (Å²) in [5.41, 5.74) is 1.31. The van der Waals surface area contributed by atoms with Crippen molar-refractivity contribution in [3.63, 3.8) is 0 Å². The molecule has 66 valence electrons. The van der Waals surface area contributed by atoms with Crippen LogP contribution in [0.5, 0.6) is 0 Å². The van der Waals surface area contributed by atoms with E-state index in [0.717, 1.165) is 26.2 Å². The van der Waals surface area contributed by atoms with E-state index in [1.807, 2.05) is 12.4 Å². The number of H-pyrrole nitrogens is 1. The van der Waals surface area contributed by atoms with Crippen molar-refractivity contribution in [3.8, 4) is 0 Å². The lowest BCUT2D eigenvalue weighted by Crippen LogP contribution is -2.28. The van der Waals surface area contributed by atoms with E-state index in [-0.39, 0.29) is 0 Å². The molecule has 3 heteroatoms. The Kier molecular flexibility index (Phi) is 2.44. The largest absolute Gasteiger partial charge is 0.380 e. The van der Waals surface area contributed by atoms with Crippen LogP contribution in [0, 0.1) is 0 Å². The van der Waals surface area contributed by atoms with Crippen molar-refractivity contribution in [3.05, 3.63) is 24.0 Å². The summed E-state index contributed by atoms with van der Waals surface area (Å²) in [4.78, 5) is 3.03. The molecule has 1 aromatic rings. The van der Waals surface area contributed by atoms with Crippen LogP contribution in [0.2, 0.25) is 0 Å². The number of hydrogen-bond acceptors (Lipinski definition) is 2. The van der Waals surface area contributed by atoms with Crippen LogP contribution >= 0.6 is 0 Å². The SMILES string of the molecule is c1cc(CNC2CCOC2)c[nH]1. The number of ether oxygens (including phenoxy) is 1. The third-order valence-electron chi connectivity index (χ3n) is 2.19. The van der Waals surface area contributed by atoms with Crippen LogP contribution in [0.4, 0.5) is 0 Å². The van der Waals surface area contributed by atoms with Crippen molar-refractivity contribution >= 4 is 0 Å². The predicted octanol–water partition coefficient (Wildman–Crippen LogP) is 0.893. The summed E-state index contributed by atoms with van der Waals surface area (Å²) in [5, 5.41) is 3.44. The molecule has 1 fully saturated rings. The minimum Gasteiger partial charge on any atom is -0.380 e. The van der Waals surface area contributed by atoms with Gasteiger partial charge in [0.2, 0.25) is 0 Å². The summed E-state index contributed by atoms with van der Waals surface area (Å²) in [6.45, 7) is 2.72. The molecule has 12 heavy (non-hydrogen) atoms. The van der Waals surface area contributed by atoms with Gasteiger partial charge in [0.1, 0.15) is 0 Å². The lowest BCUT2D eigenvalue weighted by Gasteiger charge is -2.08. The monoisotopic (exact) mass is 166 g/mol. The van der Waals surface area contributed by atoms with Crippen molar-refractivity contribution in [2.75, 3.05) is 13.2 Å². The van der Waals surface area contributed by atoms with Crippen LogP contribution in [0.15, 0.2) is 18.5 Å². The van der Waals surface area contributed by atoms with Gasteiger partial charge in [-0.25, -0.2) is 0 Å². The molecule has 1 saturated heterocycles. The molecule has 0 aliphatic carbocycles. The molecule has 3 nitrogen and oxygen atoms in total. The van der Waals surface area contributed by atoms with Crippen LogP contribution in [0.1, 0.15) is 12.0 Å². The number of rotatable bonds is 3. The molecular weight excluding hydrogens is 152 g/mol. The second-order valence-electron chi connectivity index (χ2n) is 3.16. The van der Waals surface area contributed by atoms with Gasteiger partial charge in [-0.2, -0.15) is 0 Å². The second kappa shape index (κ2) is 3.74. The van der Waals surface area contributed by atoms with Gasteiger partial charge in [-0.15, -0.1) is 0 Å². The van der Waals surface area contributed by atoms with Gasteiger partial charge in [0.05, 0.1) is 6.61 Å². The number of nitrogens with one attached hydrogen (secondary N) is 2. The first-order valence-electron chi connectivity index (χ1n) is 4.38. The molecular formula is C9H14N2O. The highest BCUT2D eigenvalue weighted by Crippen LogP contribution is 2.04. The second-order valence-corrected chi connectivity index (χ2v) is 3.16. The number of hydrogen-bond donors (Lipinski definition) is 2. The fraction of sp³-hybridized carbons (Fsp3) is 0.556. The quantitative estimate of drug-likeness (QED) is 0.699. The molecule has 0 radical (unpaired) electrons. The van der Waals surface area contributed by atoms with Gasteiger partial charge < -0.3 is 15.0 Å². The van der Waals surface area contributed by atoms with E-state index < -0.39 is 0 Å². The minimum atomic E-state index is 0.555. The Hall–Kier alpha value is -0.800. The zero-order valence-corrected chi connectivity index (χ0v) is 7.05. The Morgan fingerprint density at radius 1 is 1.67 bits per heavy atom. The Balaban J connectivity index is 1.74.